The molecular weight excluding hydrogens is 479 g/mol. The van der Waals surface area contributed by atoms with E-state index in [1.165, 1.54) is 4.57 Å². The summed E-state index contributed by atoms with van der Waals surface area (Å²) in [5.74, 6) is -0.325. The molecule has 0 saturated carbocycles. The number of benzene rings is 3. The van der Waals surface area contributed by atoms with Gasteiger partial charge in [-0.05, 0) is 49.4 Å². The van der Waals surface area contributed by atoms with E-state index >= 15 is 0 Å². The van der Waals surface area contributed by atoms with E-state index in [4.69, 9.17) is 23.2 Å². The van der Waals surface area contributed by atoms with Gasteiger partial charge in [-0.1, -0.05) is 65.3 Å². The molecule has 0 aliphatic carbocycles. The third-order valence-electron chi connectivity index (χ3n) is 4.77. The SMILES string of the molecule is C/C(=N/NC(=O)CSc1nc2ccccc2c(=O)n1-c1ccc(Cl)cc1)c1ccccc1Cl. The Morgan fingerprint density at radius 3 is 2.48 bits per heavy atom. The highest BCUT2D eigenvalue weighted by Crippen LogP contribution is 2.22. The number of fused-ring (bicyclic) bond motifs is 1. The fourth-order valence-electron chi connectivity index (χ4n) is 3.15. The topological polar surface area (TPSA) is 76.3 Å². The average molecular weight is 497 g/mol. The molecule has 1 N–H and O–H groups in total. The number of rotatable bonds is 6. The number of thioether (sulfide) groups is 1. The van der Waals surface area contributed by atoms with Crippen LogP contribution >= 0.6 is 35.0 Å². The first-order valence-electron chi connectivity index (χ1n) is 9.92. The summed E-state index contributed by atoms with van der Waals surface area (Å²) in [6.07, 6.45) is 0. The first-order chi connectivity index (χ1) is 15.9. The van der Waals surface area contributed by atoms with Crippen LogP contribution in [0.25, 0.3) is 16.6 Å². The van der Waals surface area contributed by atoms with Crippen molar-refractivity contribution in [3.8, 4) is 5.69 Å². The fraction of sp³-hybridized carbons (Fsp3) is 0.0833. The molecule has 0 aliphatic rings. The highest BCUT2D eigenvalue weighted by atomic mass is 35.5. The molecule has 3 aromatic carbocycles. The summed E-state index contributed by atoms with van der Waals surface area (Å²) >= 11 is 13.3. The number of para-hydroxylation sites is 1. The standard InChI is InChI=1S/C24H18Cl2N4O2S/c1-15(18-6-2-4-8-20(18)26)28-29-22(31)14-33-24-27-21-9-5-3-7-19(21)23(32)30(24)17-12-10-16(25)11-13-17/h2-13H,14H2,1H3,(H,29,31)/b28-15-. The first-order valence-corrected chi connectivity index (χ1v) is 11.7. The van der Waals surface area contributed by atoms with Crippen molar-refractivity contribution < 1.29 is 4.79 Å². The van der Waals surface area contributed by atoms with Gasteiger partial charge in [0, 0.05) is 15.6 Å². The van der Waals surface area contributed by atoms with Crippen LogP contribution in [0.1, 0.15) is 12.5 Å². The van der Waals surface area contributed by atoms with E-state index in [2.05, 4.69) is 15.5 Å². The highest BCUT2D eigenvalue weighted by Gasteiger charge is 2.15. The Balaban J connectivity index is 1.59. The van der Waals surface area contributed by atoms with Gasteiger partial charge in [-0.2, -0.15) is 5.10 Å². The monoisotopic (exact) mass is 496 g/mol. The molecule has 0 radical (unpaired) electrons. The Bertz CT molecular complexity index is 1420. The third-order valence-corrected chi connectivity index (χ3v) is 6.29. The molecule has 1 aromatic heterocycles. The zero-order valence-corrected chi connectivity index (χ0v) is 19.8. The largest absolute Gasteiger partial charge is 0.272 e. The molecule has 4 aromatic rings. The van der Waals surface area contributed by atoms with Crippen molar-refractivity contribution in [3.63, 3.8) is 0 Å². The molecule has 0 atom stereocenters. The Morgan fingerprint density at radius 1 is 1.03 bits per heavy atom. The Labute approximate surface area is 204 Å². The second kappa shape index (κ2) is 10.2. The molecular formula is C24H18Cl2N4O2S. The van der Waals surface area contributed by atoms with Gasteiger partial charge in [0.15, 0.2) is 5.16 Å². The van der Waals surface area contributed by atoms with Crippen molar-refractivity contribution >= 4 is 57.5 Å². The van der Waals surface area contributed by atoms with E-state index in [1.807, 2.05) is 24.3 Å². The van der Waals surface area contributed by atoms with Gasteiger partial charge in [0.2, 0.25) is 0 Å². The number of hydrazone groups is 1. The molecule has 0 unspecified atom stereocenters. The minimum absolute atomic E-state index is 0.0116. The van der Waals surface area contributed by atoms with Crippen LogP contribution in [-0.2, 0) is 4.79 Å². The van der Waals surface area contributed by atoms with Crippen LogP contribution in [0.4, 0.5) is 0 Å². The molecule has 1 amide bonds. The van der Waals surface area contributed by atoms with E-state index in [1.54, 1.807) is 55.5 Å². The lowest BCUT2D eigenvalue weighted by atomic mass is 10.1. The van der Waals surface area contributed by atoms with Gasteiger partial charge in [-0.15, -0.1) is 0 Å². The van der Waals surface area contributed by atoms with E-state index in [0.717, 1.165) is 17.3 Å². The van der Waals surface area contributed by atoms with Crippen molar-refractivity contribution in [3.05, 3.63) is 98.8 Å². The average Bonchev–Trinajstić information content (AvgIpc) is 2.82. The van der Waals surface area contributed by atoms with Crippen molar-refractivity contribution in [1.29, 1.82) is 0 Å². The number of halogens is 2. The van der Waals surface area contributed by atoms with Crippen LogP contribution in [0.15, 0.2) is 87.8 Å². The lowest BCUT2D eigenvalue weighted by molar-refractivity contribution is -0.118. The van der Waals surface area contributed by atoms with E-state index in [9.17, 15) is 9.59 Å². The predicted molar refractivity (Wildman–Crippen MR) is 135 cm³/mol. The molecule has 33 heavy (non-hydrogen) atoms. The smallest absolute Gasteiger partial charge is 0.266 e. The third kappa shape index (κ3) is 5.27. The Morgan fingerprint density at radius 2 is 1.73 bits per heavy atom. The van der Waals surface area contributed by atoms with Gasteiger partial charge >= 0.3 is 0 Å². The van der Waals surface area contributed by atoms with Crippen LogP contribution in [-0.4, -0.2) is 26.9 Å². The van der Waals surface area contributed by atoms with Crippen LogP contribution < -0.4 is 11.0 Å². The minimum Gasteiger partial charge on any atom is -0.272 e. The molecule has 0 aliphatic heterocycles. The number of nitrogens with one attached hydrogen (secondary N) is 1. The van der Waals surface area contributed by atoms with Crippen molar-refractivity contribution in [2.45, 2.75) is 12.1 Å². The molecule has 0 fully saturated rings. The quantitative estimate of drug-likeness (QED) is 0.169. The summed E-state index contributed by atoms with van der Waals surface area (Å²) in [6.45, 7) is 1.76. The number of carbonyl (C=O) groups excluding carboxylic acids is 1. The van der Waals surface area contributed by atoms with Gasteiger partial charge in [0.25, 0.3) is 11.5 Å². The Hall–Kier alpha value is -3.13. The minimum atomic E-state index is -0.337. The van der Waals surface area contributed by atoms with E-state index in [-0.39, 0.29) is 17.2 Å². The van der Waals surface area contributed by atoms with Gasteiger partial charge in [0.1, 0.15) is 0 Å². The summed E-state index contributed by atoms with van der Waals surface area (Å²) < 4.78 is 1.48. The lowest BCUT2D eigenvalue weighted by Crippen LogP contribution is -2.24. The summed E-state index contributed by atoms with van der Waals surface area (Å²) in [5.41, 5.74) is 4.80. The van der Waals surface area contributed by atoms with Crippen molar-refractivity contribution in [2.24, 2.45) is 5.10 Å². The number of amides is 1. The highest BCUT2D eigenvalue weighted by molar-refractivity contribution is 7.99. The van der Waals surface area contributed by atoms with Crippen LogP contribution in [0.5, 0.6) is 0 Å². The maximum Gasteiger partial charge on any atom is 0.266 e. The first kappa shape index (κ1) is 23.0. The number of aromatic nitrogens is 2. The van der Waals surface area contributed by atoms with E-state index in [0.29, 0.717) is 37.5 Å². The molecule has 4 rings (SSSR count). The van der Waals surface area contributed by atoms with Crippen molar-refractivity contribution in [1.82, 2.24) is 15.0 Å². The molecule has 0 spiro atoms. The summed E-state index contributed by atoms with van der Waals surface area (Å²) in [5, 5.41) is 6.13. The second-order valence-electron chi connectivity index (χ2n) is 7.03. The molecule has 9 heteroatoms. The maximum atomic E-state index is 13.2. The number of nitrogens with zero attached hydrogens (tertiary/aromatic N) is 3. The molecule has 1 heterocycles. The van der Waals surface area contributed by atoms with Gasteiger partial charge in [-0.25, -0.2) is 10.4 Å². The van der Waals surface area contributed by atoms with Gasteiger partial charge in [0.05, 0.1) is 28.1 Å². The molecule has 6 nitrogen and oxygen atoms in total. The number of hydrogen-bond donors (Lipinski definition) is 1. The van der Waals surface area contributed by atoms with Crippen LogP contribution in [0.3, 0.4) is 0 Å². The van der Waals surface area contributed by atoms with Gasteiger partial charge < -0.3 is 0 Å². The van der Waals surface area contributed by atoms with E-state index < -0.39 is 0 Å². The van der Waals surface area contributed by atoms with Crippen LogP contribution in [0, 0.1) is 0 Å². The maximum absolute atomic E-state index is 13.2. The molecule has 0 bridgehead atoms. The lowest BCUT2D eigenvalue weighted by Gasteiger charge is -2.13. The zero-order valence-electron chi connectivity index (χ0n) is 17.5. The molecule has 0 saturated heterocycles. The fourth-order valence-corrected chi connectivity index (χ4v) is 4.35. The number of hydrogen-bond acceptors (Lipinski definition) is 5. The predicted octanol–water partition coefficient (Wildman–Crippen LogP) is 5.33. The second-order valence-corrected chi connectivity index (χ2v) is 8.82. The van der Waals surface area contributed by atoms with Gasteiger partial charge in [-0.3, -0.25) is 14.2 Å². The van der Waals surface area contributed by atoms with Crippen molar-refractivity contribution in [2.75, 3.05) is 5.75 Å². The summed E-state index contributed by atoms with van der Waals surface area (Å²) in [7, 11) is 0. The Kier molecular flexibility index (Phi) is 7.13. The molecule has 166 valence electrons. The summed E-state index contributed by atoms with van der Waals surface area (Å²) in [6, 6.07) is 21.2. The van der Waals surface area contributed by atoms with Crippen LogP contribution in [0.2, 0.25) is 10.0 Å². The number of carbonyl (C=O) groups is 1. The summed E-state index contributed by atoms with van der Waals surface area (Å²) in [4.78, 5) is 30.3. The normalized spacial score (nSPS) is 11.5. The zero-order chi connectivity index (χ0) is 23.4.